The molecule has 0 aromatic heterocycles. The van der Waals surface area contributed by atoms with Crippen LogP contribution in [-0.2, 0) is 0 Å². The van der Waals surface area contributed by atoms with Crippen molar-refractivity contribution >= 4 is 5.69 Å². The number of benzene rings is 1. The van der Waals surface area contributed by atoms with Gasteiger partial charge in [0.25, 0.3) is 0 Å². The SMILES string of the molecule is C#Cc1cccc(NCCC=C)c1. The monoisotopic (exact) mass is 171 g/mol. The van der Waals surface area contributed by atoms with Gasteiger partial charge in [0.15, 0.2) is 0 Å². The molecule has 1 heteroatoms. The zero-order valence-electron chi connectivity index (χ0n) is 7.59. The van der Waals surface area contributed by atoms with Crippen molar-refractivity contribution < 1.29 is 0 Å². The summed E-state index contributed by atoms with van der Waals surface area (Å²) in [4.78, 5) is 0. The molecule has 66 valence electrons. The first-order chi connectivity index (χ1) is 6.36. The number of terminal acetylenes is 1. The third-order valence-corrected chi connectivity index (χ3v) is 1.71. The van der Waals surface area contributed by atoms with Crippen LogP contribution in [0, 0.1) is 12.3 Å². The van der Waals surface area contributed by atoms with Crippen molar-refractivity contribution in [2.24, 2.45) is 0 Å². The average molecular weight is 171 g/mol. The lowest BCUT2D eigenvalue weighted by Crippen LogP contribution is -1.99. The first kappa shape index (κ1) is 9.41. The third-order valence-electron chi connectivity index (χ3n) is 1.71. The normalized spacial score (nSPS) is 8.85. The average Bonchev–Trinajstić information content (AvgIpc) is 2.19. The molecule has 0 atom stereocenters. The Labute approximate surface area is 79.5 Å². The van der Waals surface area contributed by atoms with Crippen LogP contribution < -0.4 is 5.32 Å². The predicted molar refractivity (Wildman–Crippen MR) is 57.7 cm³/mol. The maximum absolute atomic E-state index is 5.28. The first-order valence-electron chi connectivity index (χ1n) is 4.28. The van der Waals surface area contributed by atoms with Crippen molar-refractivity contribution in [1.82, 2.24) is 0 Å². The standard InChI is InChI=1S/C12H13N/c1-3-5-9-13-12-8-6-7-11(4-2)10-12/h2-3,6-8,10,13H,1,5,9H2. The molecule has 1 aromatic carbocycles. The Hall–Kier alpha value is -1.68. The zero-order valence-corrected chi connectivity index (χ0v) is 7.59. The van der Waals surface area contributed by atoms with Gasteiger partial charge in [-0.05, 0) is 24.6 Å². The summed E-state index contributed by atoms with van der Waals surface area (Å²) >= 11 is 0. The van der Waals surface area contributed by atoms with Crippen LogP contribution in [-0.4, -0.2) is 6.54 Å². The minimum atomic E-state index is 0.900. The molecule has 13 heavy (non-hydrogen) atoms. The van der Waals surface area contributed by atoms with Gasteiger partial charge >= 0.3 is 0 Å². The smallest absolute Gasteiger partial charge is 0.0352 e. The topological polar surface area (TPSA) is 12.0 Å². The van der Waals surface area contributed by atoms with E-state index in [4.69, 9.17) is 6.42 Å². The van der Waals surface area contributed by atoms with Crippen molar-refractivity contribution in [2.45, 2.75) is 6.42 Å². The van der Waals surface area contributed by atoms with Gasteiger partial charge in [0, 0.05) is 17.8 Å². The summed E-state index contributed by atoms with van der Waals surface area (Å²) in [5.41, 5.74) is 1.97. The van der Waals surface area contributed by atoms with Gasteiger partial charge in [-0.2, -0.15) is 0 Å². The van der Waals surface area contributed by atoms with Crippen LogP contribution in [0.4, 0.5) is 5.69 Å². The van der Waals surface area contributed by atoms with Crippen LogP contribution >= 0.6 is 0 Å². The molecule has 1 N–H and O–H groups in total. The van der Waals surface area contributed by atoms with Crippen LogP contribution in [0.15, 0.2) is 36.9 Å². The fourth-order valence-electron chi connectivity index (χ4n) is 1.04. The minimum Gasteiger partial charge on any atom is -0.385 e. The van der Waals surface area contributed by atoms with E-state index in [1.807, 2.05) is 30.3 Å². The highest BCUT2D eigenvalue weighted by atomic mass is 14.9. The van der Waals surface area contributed by atoms with Crippen molar-refractivity contribution in [1.29, 1.82) is 0 Å². The summed E-state index contributed by atoms with van der Waals surface area (Å²) in [6.07, 6.45) is 8.13. The molecular formula is C12H13N. The van der Waals surface area contributed by atoms with Gasteiger partial charge in [0.1, 0.15) is 0 Å². The quantitative estimate of drug-likeness (QED) is 0.417. The Bertz CT molecular complexity index is 320. The van der Waals surface area contributed by atoms with E-state index in [-0.39, 0.29) is 0 Å². The molecule has 0 aliphatic rings. The molecule has 0 amide bonds. The number of rotatable bonds is 4. The lowest BCUT2D eigenvalue weighted by atomic mass is 10.2. The highest BCUT2D eigenvalue weighted by Crippen LogP contribution is 2.09. The van der Waals surface area contributed by atoms with Crippen molar-refractivity contribution in [3.05, 3.63) is 42.5 Å². The second kappa shape index (κ2) is 5.05. The van der Waals surface area contributed by atoms with Gasteiger partial charge in [0.2, 0.25) is 0 Å². The fraction of sp³-hybridized carbons (Fsp3) is 0.167. The highest BCUT2D eigenvalue weighted by molar-refractivity contribution is 5.49. The molecule has 1 aromatic rings. The lowest BCUT2D eigenvalue weighted by molar-refractivity contribution is 1.07. The van der Waals surface area contributed by atoms with E-state index >= 15 is 0 Å². The maximum atomic E-state index is 5.28. The molecule has 0 spiro atoms. The lowest BCUT2D eigenvalue weighted by Gasteiger charge is -2.04. The van der Waals surface area contributed by atoms with E-state index in [2.05, 4.69) is 17.8 Å². The molecule has 0 heterocycles. The number of hydrogen-bond acceptors (Lipinski definition) is 1. The summed E-state index contributed by atoms with van der Waals surface area (Å²) in [6, 6.07) is 7.83. The molecule has 0 fully saturated rings. The van der Waals surface area contributed by atoms with Gasteiger partial charge in [-0.25, -0.2) is 0 Å². The molecule has 0 bridgehead atoms. The summed E-state index contributed by atoms with van der Waals surface area (Å²) in [7, 11) is 0. The van der Waals surface area contributed by atoms with Crippen LogP contribution in [0.2, 0.25) is 0 Å². The molecule has 0 saturated carbocycles. The molecule has 0 saturated heterocycles. The first-order valence-corrected chi connectivity index (χ1v) is 4.28. The molecule has 0 aliphatic heterocycles. The predicted octanol–water partition coefficient (Wildman–Crippen LogP) is 2.66. The van der Waals surface area contributed by atoms with Crippen molar-refractivity contribution in [2.75, 3.05) is 11.9 Å². The van der Waals surface area contributed by atoms with E-state index in [1.54, 1.807) is 0 Å². The molecular weight excluding hydrogens is 158 g/mol. The Kier molecular flexibility index (Phi) is 3.66. The number of nitrogens with one attached hydrogen (secondary N) is 1. The highest BCUT2D eigenvalue weighted by Gasteiger charge is 1.90. The summed E-state index contributed by atoms with van der Waals surface area (Å²) in [5, 5.41) is 3.25. The molecule has 0 unspecified atom stereocenters. The van der Waals surface area contributed by atoms with E-state index in [0.29, 0.717) is 0 Å². The summed E-state index contributed by atoms with van der Waals surface area (Å²) in [6.45, 7) is 4.55. The van der Waals surface area contributed by atoms with Crippen LogP contribution in [0.1, 0.15) is 12.0 Å². The fourth-order valence-corrected chi connectivity index (χ4v) is 1.04. The van der Waals surface area contributed by atoms with Gasteiger partial charge < -0.3 is 5.32 Å². The second-order valence-electron chi connectivity index (χ2n) is 2.73. The Morgan fingerprint density at radius 1 is 1.54 bits per heavy atom. The molecule has 0 aliphatic carbocycles. The van der Waals surface area contributed by atoms with Crippen molar-refractivity contribution in [3.63, 3.8) is 0 Å². The van der Waals surface area contributed by atoms with Crippen LogP contribution in [0.25, 0.3) is 0 Å². The largest absolute Gasteiger partial charge is 0.385 e. The van der Waals surface area contributed by atoms with Gasteiger partial charge in [-0.15, -0.1) is 13.0 Å². The Balaban J connectivity index is 2.57. The molecule has 1 nitrogen and oxygen atoms in total. The van der Waals surface area contributed by atoms with Gasteiger partial charge in [0.05, 0.1) is 0 Å². The van der Waals surface area contributed by atoms with E-state index < -0.39 is 0 Å². The third kappa shape index (κ3) is 3.04. The van der Waals surface area contributed by atoms with E-state index in [0.717, 1.165) is 24.2 Å². The van der Waals surface area contributed by atoms with Crippen molar-refractivity contribution in [3.8, 4) is 12.3 Å². The maximum Gasteiger partial charge on any atom is 0.0352 e. The minimum absolute atomic E-state index is 0.900. The van der Waals surface area contributed by atoms with Crippen LogP contribution in [0.5, 0.6) is 0 Å². The number of anilines is 1. The summed E-state index contributed by atoms with van der Waals surface area (Å²) in [5.74, 6) is 2.60. The Morgan fingerprint density at radius 3 is 3.08 bits per heavy atom. The Morgan fingerprint density at radius 2 is 2.38 bits per heavy atom. The molecule has 1 rings (SSSR count). The van der Waals surface area contributed by atoms with E-state index in [1.165, 1.54) is 0 Å². The van der Waals surface area contributed by atoms with Crippen LogP contribution in [0.3, 0.4) is 0 Å². The van der Waals surface area contributed by atoms with E-state index in [9.17, 15) is 0 Å². The van der Waals surface area contributed by atoms with Gasteiger partial charge in [-0.1, -0.05) is 18.1 Å². The number of hydrogen-bond donors (Lipinski definition) is 1. The summed E-state index contributed by atoms with van der Waals surface area (Å²) < 4.78 is 0. The zero-order chi connectivity index (χ0) is 9.52. The van der Waals surface area contributed by atoms with Gasteiger partial charge in [-0.3, -0.25) is 0 Å². The molecule has 0 radical (unpaired) electrons. The second-order valence-corrected chi connectivity index (χ2v) is 2.73.